The normalized spacial score (nSPS) is 11.1. The van der Waals surface area contributed by atoms with Crippen LogP contribution in [0, 0.1) is 0 Å². The summed E-state index contributed by atoms with van der Waals surface area (Å²) in [6, 6.07) is 6.06. The predicted octanol–water partition coefficient (Wildman–Crippen LogP) is 5.51. The molecular formula is C14H4Br4O4. The summed E-state index contributed by atoms with van der Waals surface area (Å²) in [5, 5.41) is 0.679. The van der Waals surface area contributed by atoms with Crippen molar-refractivity contribution in [1.29, 1.82) is 0 Å². The van der Waals surface area contributed by atoms with Crippen LogP contribution < -0.4 is 11.3 Å². The molecule has 0 spiro atoms. The molecule has 8 heteroatoms. The standard InChI is InChI=1S/C14H4Br4O4/c15-7-8(16)10(18)12-11(9(7)17)21-13(19)5-1-2-6(4-3-5)14(20)22-12/h1-4H. The van der Waals surface area contributed by atoms with Crippen LogP contribution in [0.15, 0.2) is 60.6 Å². The molecule has 0 aliphatic heterocycles. The van der Waals surface area contributed by atoms with E-state index < -0.39 is 11.3 Å². The van der Waals surface area contributed by atoms with Crippen molar-refractivity contribution in [2.75, 3.05) is 0 Å². The van der Waals surface area contributed by atoms with E-state index in [4.69, 9.17) is 8.83 Å². The van der Waals surface area contributed by atoms with Gasteiger partial charge in [-0.25, -0.2) is 9.59 Å². The fraction of sp³-hybridized carbons (Fsp3) is 0. The molecule has 2 aromatic heterocycles. The summed E-state index contributed by atoms with van der Waals surface area (Å²) in [5.41, 5.74) is -0.870. The molecule has 112 valence electrons. The number of hydrogen-bond acceptors (Lipinski definition) is 4. The van der Waals surface area contributed by atoms with E-state index in [0.29, 0.717) is 28.7 Å². The van der Waals surface area contributed by atoms with Gasteiger partial charge >= 0.3 is 11.3 Å². The van der Waals surface area contributed by atoms with Crippen molar-refractivity contribution in [3.63, 3.8) is 0 Å². The summed E-state index contributed by atoms with van der Waals surface area (Å²) < 4.78 is 12.9. The molecule has 0 aliphatic rings. The van der Waals surface area contributed by atoms with Gasteiger partial charge in [-0.05, 0) is 88.0 Å². The van der Waals surface area contributed by atoms with Gasteiger partial charge in [-0.15, -0.1) is 0 Å². The van der Waals surface area contributed by atoms with Crippen LogP contribution >= 0.6 is 63.7 Å². The lowest BCUT2D eigenvalue weighted by atomic mass is 10.2. The summed E-state index contributed by atoms with van der Waals surface area (Å²) in [4.78, 5) is 24.4. The minimum absolute atomic E-state index is 0.114. The molecule has 0 atom stereocenters. The SMILES string of the molecule is O=c1oc2c(Br)c(Br)c(Br)c(Br)c2oc(=O)c2ccc1cc2. The lowest BCUT2D eigenvalue weighted by Crippen LogP contribution is -2.01. The average molecular weight is 556 g/mol. The minimum atomic E-state index is -0.549. The maximum absolute atomic E-state index is 12.2. The number of halogens is 4. The van der Waals surface area contributed by atoms with Crippen molar-refractivity contribution in [2.24, 2.45) is 0 Å². The Kier molecular flexibility index (Phi) is 4.46. The third-order valence-corrected chi connectivity index (χ3v) is 7.62. The molecule has 2 heterocycles. The Morgan fingerprint density at radius 3 is 1.23 bits per heavy atom. The Morgan fingerprint density at radius 1 is 0.591 bits per heavy atom. The van der Waals surface area contributed by atoms with E-state index in [1.807, 2.05) is 0 Å². The third-order valence-electron chi connectivity index (χ3n) is 2.93. The number of fused-ring (bicyclic) bond motifs is 4. The van der Waals surface area contributed by atoms with Crippen molar-refractivity contribution in [3.8, 4) is 0 Å². The highest BCUT2D eigenvalue weighted by molar-refractivity contribution is 9.15. The summed E-state index contributed by atoms with van der Waals surface area (Å²) >= 11 is 13.4. The third kappa shape index (κ3) is 2.66. The van der Waals surface area contributed by atoms with Crippen molar-refractivity contribution in [2.45, 2.75) is 0 Å². The highest BCUT2D eigenvalue weighted by Crippen LogP contribution is 2.42. The van der Waals surface area contributed by atoms with Gasteiger partial charge < -0.3 is 8.83 Å². The Balaban J connectivity index is 2.75. The quantitative estimate of drug-likeness (QED) is 0.271. The molecule has 2 bridgehead atoms. The fourth-order valence-electron chi connectivity index (χ4n) is 1.82. The van der Waals surface area contributed by atoms with E-state index in [2.05, 4.69) is 63.7 Å². The Labute approximate surface area is 156 Å². The lowest BCUT2D eigenvalue weighted by molar-refractivity contribution is 0.530. The zero-order valence-corrected chi connectivity index (χ0v) is 16.8. The van der Waals surface area contributed by atoms with Gasteiger partial charge in [-0.1, -0.05) is 0 Å². The van der Waals surface area contributed by atoms with Crippen molar-refractivity contribution in [1.82, 2.24) is 0 Å². The van der Waals surface area contributed by atoms with Gasteiger partial charge in [0, 0.05) is 0 Å². The molecule has 0 N–H and O–H groups in total. The molecule has 22 heavy (non-hydrogen) atoms. The molecule has 0 saturated carbocycles. The Hall–Kier alpha value is -0.700. The molecular weight excluding hydrogens is 552 g/mol. The molecule has 4 nitrogen and oxygen atoms in total. The molecule has 0 radical (unpaired) electrons. The van der Waals surface area contributed by atoms with E-state index in [1.165, 1.54) is 24.3 Å². The summed E-state index contributed by atoms with van der Waals surface area (Å²) in [6.45, 7) is 0. The second-order valence-corrected chi connectivity index (χ2v) is 7.44. The van der Waals surface area contributed by atoms with Crippen LogP contribution in [0.1, 0.15) is 0 Å². The van der Waals surface area contributed by atoms with E-state index in [0.717, 1.165) is 0 Å². The fourth-order valence-corrected chi connectivity index (χ4v) is 4.03. The average Bonchev–Trinajstić information content (AvgIpc) is 2.53. The first-order valence-corrected chi connectivity index (χ1v) is 8.97. The minimum Gasteiger partial charge on any atom is -0.418 e. The molecule has 0 fully saturated rings. The molecule has 4 aromatic rings. The zero-order valence-electron chi connectivity index (χ0n) is 10.5. The first-order chi connectivity index (χ1) is 10.4. The molecule has 0 saturated heterocycles. The molecule has 0 aliphatic carbocycles. The molecule has 0 unspecified atom stereocenters. The summed E-state index contributed by atoms with van der Waals surface area (Å²) in [6.07, 6.45) is 0. The van der Waals surface area contributed by atoms with Gasteiger partial charge in [0.1, 0.15) is 0 Å². The van der Waals surface area contributed by atoms with Crippen LogP contribution in [0.5, 0.6) is 0 Å². The van der Waals surface area contributed by atoms with E-state index in [-0.39, 0.29) is 11.2 Å². The maximum atomic E-state index is 12.2. The van der Waals surface area contributed by atoms with Gasteiger partial charge in [0.05, 0.1) is 28.7 Å². The van der Waals surface area contributed by atoms with Crippen molar-refractivity contribution in [3.05, 3.63) is 63.0 Å². The first-order valence-electron chi connectivity index (χ1n) is 5.80. The monoisotopic (exact) mass is 552 g/mol. The summed E-state index contributed by atoms with van der Waals surface area (Å²) in [5.74, 6) is 0. The van der Waals surface area contributed by atoms with E-state index >= 15 is 0 Å². The van der Waals surface area contributed by atoms with Gasteiger partial charge in [0.2, 0.25) is 0 Å². The van der Waals surface area contributed by atoms with Crippen LogP contribution in [0.4, 0.5) is 0 Å². The second kappa shape index (κ2) is 6.07. The summed E-state index contributed by atoms with van der Waals surface area (Å²) in [7, 11) is 0. The molecule has 4 rings (SSSR count). The Morgan fingerprint density at radius 2 is 0.909 bits per heavy atom. The topological polar surface area (TPSA) is 60.4 Å². The van der Waals surface area contributed by atoms with E-state index in [9.17, 15) is 9.59 Å². The first kappa shape index (κ1) is 16.2. The smallest absolute Gasteiger partial charge is 0.343 e. The van der Waals surface area contributed by atoms with Crippen LogP contribution in [-0.4, -0.2) is 0 Å². The number of hydrogen-bond donors (Lipinski definition) is 0. The second-order valence-electron chi connectivity index (χ2n) is 4.27. The number of benzene rings is 2. The van der Waals surface area contributed by atoms with Crippen LogP contribution in [0.25, 0.3) is 21.9 Å². The highest BCUT2D eigenvalue weighted by Gasteiger charge is 2.17. The zero-order chi connectivity index (χ0) is 16.0. The Bertz CT molecular complexity index is 961. The largest absolute Gasteiger partial charge is 0.418 e. The molecule has 0 amide bonds. The molecule has 2 aromatic carbocycles. The number of rotatable bonds is 0. The van der Waals surface area contributed by atoms with Gasteiger partial charge in [-0.3, -0.25) is 0 Å². The lowest BCUT2D eigenvalue weighted by Gasteiger charge is -2.05. The van der Waals surface area contributed by atoms with Crippen molar-refractivity contribution >= 4 is 85.7 Å². The van der Waals surface area contributed by atoms with Crippen molar-refractivity contribution < 1.29 is 8.83 Å². The predicted molar refractivity (Wildman–Crippen MR) is 98.1 cm³/mol. The van der Waals surface area contributed by atoms with Gasteiger partial charge in [0.15, 0.2) is 11.2 Å². The van der Waals surface area contributed by atoms with Crippen LogP contribution in [0.3, 0.4) is 0 Å². The maximum Gasteiger partial charge on any atom is 0.343 e. The van der Waals surface area contributed by atoms with E-state index in [1.54, 1.807) is 0 Å². The van der Waals surface area contributed by atoms with Crippen LogP contribution in [0.2, 0.25) is 0 Å². The van der Waals surface area contributed by atoms with Crippen LogP contribution in [-0.2, 0) is 0 Å². The highest BCUT2D eigenvalue weighted by atomic mass is 79.9. The van der Waals surface area contributed by atoms with Gasteiger partial charge in [0.25, 0.3) is 0 Å². The van der Waals surface area contributed by atoms with Gasteiger partial charge in [-0.2, -0.15) is 0 Å².